The van der Waals surface area contributed by atoms with Crippen molar-refractivity contribution in [2.75, 3.05) is 18.9 Å². The van der Waals surface area contributed by atoms with Gasteiger partial charge >= 0.3 is 0 Å². The van der Waals surface area contributed by atoms with Crippen LogP contribution in [0.4, 0.5) is 5.69 Å². The molecule has 2 aromatic rings. The molecule has 0 aromatic heterocycles. The normalized spacial score (nSPS) is 12.0. The number of hydrogen-bond acceptors (Lipinski definition) is 5. The molecule has 2 amide bonds. The Balaban J connectivity index is 2.24. The van der Waals surface area contributed by atoms with Crippen molar-refractivity contribution >= 4 is 33.3 Å². The van der Waals surface area contributed by atoms with Crippen molar-refractivity contribution in [3.8, 4) is 0 Å². The monoisotopic (exact) mass is 473 g/mol. The van der Waals surface area contributed by atoms with Gasteiger partial charge in [0.25, 0.3) is 11.8 Å². The Bertz CT molecular complexity index is 1150. The minimum Gasteiger partial charge on any atom is -0.345 e. The number of anilines is 1. The van der Waals surface area contributed by atoms with E-state index in [2.05, 4.69) is 10.6 Å². The number of amides is 2. The number of Topliss-reactive ketones (excluding diaryl/α,β-unsaturated/α-hetero) is 1. The van der Waals surface area contributed by atoms with Crippen molar-refractivity contribution in [1.29, 1.82) is 0 Å². The number of sulfonamides is 1. The van der Waals surface area contributed by atoms with Gasteiger partial charge in [-0.05, 0) is 44.2 Å². The van der Waals surface area contributed by atoms with Crippen molar-refractivity contribution < 1.29 is 22.8 Å². The predicted molar refractivity (Wildman–Crippen MR) is 128 cm³/mol. The molecule has 0 saturated heterocycles. The Labute approximate surface area is 195 Å². The number of ketones is 1. The highest BCUT2D eigenvalue weighted by atomic mass is 32.2. The van der Waals surface area contributed by atoms with Crippen LogP contribution in [0, 0.1) is 5.41 Å². The first kappa shape index (κ1) is 26.2. The van der Waals surface area contributed by atoms with Crippen LogP contribution in [-0.4, -0.2) is 50.0 Å². The van der Waals surface area contributed by atoms with E-state index in [1.54, 1.807) is 52.8 Å². The first-order valence-corrected chi connectivity index (χ1v) is 12.0. The molecule has 2 N–H and O–H groups in total. The number of nitrogens with one attached hydrogen (secondary N) is 2. The van der Waals surface area contributed by atoms with Crippen LogP contribution < -0.4 is 10.6 Å². The standard InChI is InChI=1S/C24H31N3O5S/c1-16(2)27(6)33(31,32)18-11-9-10-17(14-18)22(29)26-20-13-8-7-12-19(20)23(30)25-15-21(28)24(3,4)5/h7-14,16H,15H2,1-6H3,(H,25,30)(H,26,29). The maximum absolute atomic E-state index is 12.9. The van der Waals surface area contributed by atoms with E-state index in [0.717, 1.165) is 0 Å². The molecule has 8 nitrogen and oxygen atoms in total. The van der Waals surface area contributed by atoms with Gasteiger partial charge < -0.3 is 10.6 Å². The van der Waals surface area contributed by atoms with Crippen molar-refractivity contribution in [3.05, 3.63) is 59.7 Å². The Morgan fingerprint density at radius 1 is 0.970 bits per heavy atom. The average molecular weight is 474 g/mol. The highest BCUT2D eigenvalue weighted by Gasteiger charge is 2.25. The lowest BCUT2D eigenvalue weighted by atomic mass is 9.91. The van der Waals surface area contributed by atoms with Crippen molar-refractivity contribution in [2.45, 2.75) is 45.6 Å². The molecule has 0 atom stereocenters. The third kappa shape index (κ3) is 6.49. The van der Waals surface area contributed by atoms with Gasteiger partial charge in [-0.1, -0.05) is 39.0 Å². The van der Waals surface area contributed by atoms with E-state index < -0.39 is 27.3 Å². The summed E-state index contributed by atoms with van der Waals surface area (Å²) in [6, 6.07) is 11.9. The first-order chi connectivity index (χ1) is 15.2. The van der Waals surface area contributed by atoms with Crippen LogP contribution in [0.1, 0.15) is 55.3 Å². The van der Waals surface area contributed by atoms with Gasteiger partial charge in [-0.2, -0.15) is 4.31 Å². The zero-order valence-corrected chi connectivity index (χ0v) is 20.6. The Kier molecular flexibility index (Phi) is 8.16. The molecule has 0 unspecified atom stereocenters. The van der Waals surface area contributed by atoms with Crippen LogP contribution in [0.5, 0.6) is 0 Å². The number of carbonyl (C=O) groups excluding carboxylic acids is 3. The number of carbonyl (C=O) groups is 3. The smallest absolute Gasteiger partial charge is 0.255 e. The number of benzene rings is 2. The van der Waals surface area contributed by atoms with Crippen LogP contribution in [-0.2, 0) is 14.8 Å². The fourth-order valence-corrected chi connectivity index (χ4v) is 4.16. The molecule has 0 heterocycles. The summed E-state index contributed by atoms with van der Waals surface area (Å²) in [6.07, 6.45) is 0. The van der Waals surface area contributed by atoms with Gasteiger partial charge in [0.2, 0.25) is 10.0 Å². The quantitative estimate of drug-likeness (QED) is 0.611. The van der Waals surface area contributed by atoms with Crippen molar-refractivity contribution in [2.24, 2.45) is 5.41 Å². The van der Waals surface area contributed by atoms with E-state index in [-0.39, 0.29) is 40.1 Å². The van der Waals surface area contributed by atoms with Crippen LogP contribution in [0.2, 0.25) is 0 Å². The summed E-state index contributed by atoms with van der Waals surface area (Å²) in [5.41, 5.74) is -0.0197. The summed E-state index contributed by atoms with van der Waals surface area (Å²) in [6.45, 7) is 8.68. The SMILES string of the molecule is CC(C)N(C)S(=O)(=O)c1cccc(C(=O)Nc2ccccc2C(=O)NCC(=O)C(C)(C)C)c1. The topological polar surface area (TPSA) is 113 Å². The molecular formula is C24H31N3O5S. The van der Waals surface area contributed by atoms with Crippen molar-refractivity contribution in [1.82, 2.24) is 9.62 Å². The second-order valence-corrected chi connectivity index (χ2v) is 11.0. The Hall–Kier alpha value is -3.04. The van der Waals surface area contributed by atoms with E-state index in [4.69, 9.17) is 0 Å². The third-order valence-electron chi connectivity index (χ3n) is 5.17. The number of nitrogens with zero attached hydrogens (tertiary/aromatic N) is 1. The van der Waals surface area contributed by atoms with Gasteiger partial charge in [0, 0.05) is 24.1 Å². The third-order valence-corrected chi connectivity index (χ3v) is 7.20. The van der Waals surface area contributed by atoms with Crippen molar-refractivity contribution in [3.63, 3.8) is 0 Å². The lowest BCUT2D eigenvalue weighted by Gasteiger charge is -2.21. The Morgan fingerprint density at radius 2 is 1.61 bits per heavy atom. The van der Waals surface area contributed by atoms with Crippen LogP contribution >= 0.6 is 0 Å². The lowest BCUT2D eigenvalue weighted by Crippen LogP contribution is -2.35. The molecule has 0 saturated carbocycles. The van der Waals surface area contributed by atoms with Gasteiger partial charge in [-0.25, -0.2) is 8.42 Å². The summed E-state index contributed by atoms with van der Waals surface area (Å²) in [4.78, 5) is 37.6. The van der Waals surface area contributed by atoms with E-state index in [1.165, 1.54) is 41.7 Å². The summed E-state index contributed by atoms with van der Waals surface area (Å²) < 4.78 is 26.7. The second kappa shape index (κ2) is 10.3. The summed E-state index contributed by atoms with van der Waals surface area (Å²) in [5.74, 6) is -1.19. The second-order valence-electron chi connectivity index (χ2n) is 9.00. The highest BCUT2D eigenvalue weighted by molar-refractivity contribution is 7.89. The maximum Gasteiger partial charge on any atom is 0.255 e. The molecule has 9 heteroatoms. The zero-order valence-electron chi connectivity index (χ0n) is 19.8. The molecule has 0 bridgehead atoms. The molecule has 0 fully saturated rings. The molecule has 178 valence electrons. The minimum absolute atomic E-state index is 0.00179. The molecule has 2 aromatic carbocycles. The van der Waals surface area contributed by atoms with Gasteiger partial charge in [0.05, 0.1) is 22.7 Å². The molecule has 0 aliphatic heterocycles. The molecule has 0 aliphatic carbocycles. The number of hydrogen-bond donors (Lipinski definition) is 2. The fraction of sp³-hybridized carbons (Fsp3) is 0.375. The van der Waals surface area contributed by atoms with Crippen LogP contribution in [0.25, 0.3) is 0 Å². The first-order valence-electron chi connectivity index (χ1n) is 10.5. The average Bonchev–Trinajstić information content (AvgIpc) is 2.76. The summed E-state index contributed by atoms with van der Waals surface area (Å²) in [7, 11) is -2.28. The van der Waals surface area contributed by atoms with Gasteiger partial charge in [0.15, 0.2) is 5.78 Å². The molecular weight excluding hydrogens is 442 g/mol. The maximum atomic E-state index is 12.9. The lowest BCUT2D eigenvalue weighted by molar-refractivity contribution is -0.125. The van der Waals surface area contributed by atoms with E-state index in [1.807, 2.05) is 0 Å². The summed E-state index contributed by atoms with van der Waals surface area (Å²) >= 11 is 0. The van der Waals surface area contributed by atoms with Gasteiger partial charge in [-0.3, -0.25) is 14.4 Å². The fourth-order valence-electron chi connectivity index (χ4n) is 2.75. The number of rotatable bonds is 8. The Morgan fingerprint density at radius 3 is 2.21 bits per heavy atom. The van der Waals surface area contributed by atoms with E-state index in [0.29, 0.717) is 0 Å². The molecule has 0 aliphatic rings. The predicted octanol–water partition coefficient (Wildman–Crippen LogP) is 3.31. The van der Waals surface area contributed by atoms with Gasteiger partial charge in [0.1, 0.15) is 0 Å². The molecule has 2 rings (SSSR count). The molecule has 33 heavy (non-hydrogen) atoms. The summed E-state index contributed by atoms with van der Waals surface area (Å²) in [5, 5.41) is 5.25. The van der Waals surface area contributed by atoms with Gasteiger partial charge in [-0.15, -0.1) is 0 Å². The minimum atomic E-state index is -3.76. The van der Waals surface area contributed by atoms with E-state index in [9.17, 15) is 22.8 Å². The highest BCUT2D eigenvalue weighted by Crippen LogP contribution is 2.20. The largest absolute Gasteiger partial charge is 0.345 e. The molecule has 0 spiro atoms. The number of para-hydroxylation sites is 1. The zero-order chi connectivity index (χ0) is 25.0. The van der Waals surface area contributed by atoms with Crippen LogP contribution in [0.3, 0.4) is 0 Å². The van der Waals surface area contributed by atoms with E-state index >= 15 is 0 Å². The molecule has 0 radical (unpaired) electrons. The van der Waals surface area contributed by atoms with Crippen LogP contribution in [0.15, 0.2) is 53.4 Å².